The van der Waals surface area contributed by atoms with Gasteiger partial charge in [-0.2, -0.15) is 0 Å². The predicted molar refractivity (Wildman–Crippen MR) is 51.5 cm³/mol. The molecule has 0 aromatic carbocycles. The summed E-state index contributed by atoms with van der Waals surface area (Å²) in [6.45, 7) is 8.60. The Labute approximate surface area is 70.7 Å². The summed E-state index contributed by atoms with van der Waals surface area (Å²) in [5, 5.41) is 0. The van der Waals surface area contributed by atoms with Gasteiger partial charge in [-0.3, -0.25) is 0 Å². The number of hydrogen-bond acceptors (Lipinski definition) is 1. The molecule has 2 N–H and O–H groups in total. The van der Waals surface area contributed by atoms with Crippen LogP contribution in [-0.2, 0) is 0 Å². The standard InChI is InChI=1S/C10H21N/c1-5-9(6-2)10(11)7-8(3)4/h7,9-10H,5-6,11H2,1-4H3. The molecule has 0 saturated heterocycles. The molecule has 0 fully saturated rings. The van der Waals surface area contributed by atoms with Crippen LogP contribution < -0.4 is 5.73 Å². The maximum absolute atomic E-state index is 5.96. The SMILES string of the molecule is CCC(CC)C(N)C=C(C)C. The molecule has 0 bridgehead atoms. The van der Waals surface area contributed by atoms with E-state index in [1.807, 2.05) is 0 Å². The Bertz CT molecular complexity index is 119. The number of nitrogens with two attached hydrogens (primary N) is 1. The molecule has 0 rings (SSSR count). The van der Waals surface area contributed by atoms with Gasteiger partial charge in [-0.15, -0.1) is 0 Å². The zero-order chi connectivity index (χ0) is 8.85. The van der Waals surface area contributed by atoms with Crippen LogP contribution in [0.3, 0.4) is 0 Å². The Balaban J connectivity index is 3.98. The van der Waals surface area contributed by atoms with E-state index in [0.717, 1.165) is 0 Å². The summed E-state index contributed by atoms with van der Waals surface area (Å²) in [4.78, 5) is 0. The van der Waals surface area contributed by atoms with E-state index < -0.39 is 0 Å². The maximum atomic E-state index is 5.96. The van der Waals surface area contributed by atoms with Crippen LogP contribution in [0, 0.1) is 5.92 Å². The van der Waals surface area contributed by atoms with Gasteiger partial charge in [0.25, 0.3) is 0 Å². The minimum atomic E-state index is 0.259. The Hall–Kier alpha value is -0.300. The van der Waals surface area contributed by atoms with E-state index in [9.17, 15) is 0 Å². The highest BCUT2D eigenvalue weighted by molar-refractivity contribution is 5.01. The average molecular weight is 155 g/mol. The van der Waals surface area contributed by atoms with Crippen LogP contribution in [-0.4, -0.2) is 6.04 Å². The van der Waals surface area contributed by atoms with Crippen LogP contribution in [0.4, 0.5) is 0 Å². The highest BCUT2D eigenvalue weighted by Gasteiger charge is 2.10. The van der Waals surface area contributed by atoms with Gasteiger partial charge in [0, 0.05) is 6.04 Å². The van der Waals surface area contributed by atoms with Crippen LogP contribution in [0.5, 0.6) is 0 Å². The van der Waals surface area contributed by atoms with Gasteiger partial charge in [-0.1, -0.05) is 38.3 Å². The molecular formula is C10H21N. The minimum Gasteiger partial charge on any atom is -0.324 e. The van der Waals surface area contributed by atoms with Crippen molar-refractivity contribution in [3.05, 3.63) is 11.6 Å². The fourth-order valence-corrected chi connectivity index (χ4v) is 1.35. The largest absolute Gasteiger partial charge is 0.324 e. The fraction of sp³-hybridized carbons (Fsp3) is 0.800. The van der Waals surface area contributed by atoms with Gasteiger partial charge in [0.15, 0.2) is 0 Å². The van der Waals surface area contributed by atoms with E-state index in [-0.39, 0.29) is 6.04 Å². The van der Waals surface area contributed by atoms with Crippen molar-refractivity contribution in [3.8, 4) is 0 Å². The van der Waals surface area contributed by atoms with Gasteiger partial charge >= 0.3 is 0 Å². The third kappa shape index (κ3) is 4.20. The summed E-state index contributed by atoms with van der Waals surface area (Å²) in [5.74, 6) is 0.657. The Morgan fingerprint density at radius 3 is 2.00 bits per heavy atom. The molecule has 0 spiro atoms. The van der Waals surface area contributed by atoms with E-state index in [2.05, 4.69) is 33.8 Å². The first-order chi connectivity index (χ1) is 5.11. The Kier molecular flexibility index (Phi) is 5.22. The molecule has 0 heterocycles. The first kappa shape index (κ1) is 10.7. The zero-order valence-corrected chi connectivity index (χ0v) is 8.22. The maximum Gasteiger partial charge on any atom is 0.0254 e. The molecule has 0 aliphatic heterocycles. The van der Waals surface area contributed by atoms with Crippen molar-refractivity contribution in [2.45, 2.75) is 46.6 Å². The van der Waals surface area contributed by atoms with Crippen molar-refractivity contribution in [2.24, 2.45) is 11.7 Å². The molecule has 0 aliphatic rings. The molecule has 0 aliphatic carbocycles. The second kappa shape index (κ2) is 5.36. The van der Waals surface area contributed by atoms with Gasteiger partial charge in [0.1, 0.15) is 0 Å². The molecule has 1 nitrogen and oxygen atoms in total. The minimum absolute atomic E-state index is 0.259. The molecule has 0 aromatic rings. The van der Waals surface area contributed by atoms with Crippen LogP contribution in [0.15, 0.2) is 11.6 Å². The molecule has 1 heteroatoms. The van der Waals surface area contributed by atoms with Gasteiger partial charge in [-0.05, 0) is 19.8 Å². The van der Waals surface area contributed by atoms with Crippen molar-refractivity contribution in [1.82, 2.24) is 0 Å². The molecular weight excluding hydrogens is 134 g/mol. The van der Waals surface area contributed by atoms with Gasteiger partial charge in [-0.25, -0.2) is 0 Å². The topological polar surface area (TPSA) is 26.0 Å². The van der Waals surface area contributed by atoms with Crippen LogP contribution >= 0.6 is 0 Å². The highest BCUT2D eigenvalue weighted by Crippen LogP contribution is 2.13. The lowest BCUT2D eigenvalue weighted by Crippen LogP contribution is -2.27. The number of hydrogen-bond donors (Lipinski definition) is 1. The molecule has 1 unspecified atom stereocenters. The van der Waals surface area contributed by atoms with Crippen molar-refractivity contribution in [3.63, 3.8) is 0 Å². The lowest BCUT2D eigenvalue weighted by atomic mass is 9.94. The highest BCUT2D eigenvalue weighted by atomic mass is 14.6. The van der Waals surface area contributed by atoms with E-state index >= 15 is 0 Å². The first-order valence-corrected chi connectivity index (χ1v) is 4.52. The third-order valence-corrected chi connectivity index (χ3v) is 2.12. The van der Waals surface area contributed by atoms with Gasteiger partial charge in [0.2, 0.25) is 0 Å². The van der Waals surface area contributed by atoms with Gasteiger partial charge < -0.3 is 5.73 Å². The lowest BCUT2D eigenvalue weighted by molar-refractivity contribution is 0.443. The van der Waals surface area contributed by atoms with E-state index in [1.165, 1.54) is 18.4 Å². The summed E-state index contributed by atoms with van der Waals surface area (Å²) in [6.07, 6.45) is 4.53. The summed E-state index contributed by atoms with van der Waals surface area (Å²) < 4.78 is 0. The molecule has 0 aromatic heterocycles. The van der Waals surface area contributed by atoms with Crippen molar-refractivity contribution >= 4 is 0 Å². The molecule has 11 heavy (non-hydrogen) atoms. The summed E-state index contributed by atoms with van der Waals surface area (Å²) in [6, 6.07) is 0.259. The summed E-state index contributed by atoms with van der Waals surface area (Å²) >= 11 is 0. The second-order valence-corrected chi connectivity index (χ2v) is 3.40. The quantitative estimate of drug-likeness (QED) is 0.621. The first-order valence-electron chi connectivity index (χ1n) is 4.52. The number of allylic oxidation sites excluding steroid dienone is 1. The van der Waals surface area contributed by atoms with Crippen molar-refractivity contribution in [2.75, 3.05) is 0 Å². The normalized spacial score (nSPS) is 13.3. The average Bonchev–Trinajstić information content (AvgIpc) is 1.88. The zero-order valence-electron chi connectivity index (χ0n) is 8.22. The third-order valence-electron chi connectivity index (χ3n) is 2.12. The lowest BCUT2D eigenvalue weighted by Gasteiger charge is -2.17. The Morgan fingerprint density at radius 1 is 1.27 bits per heavy atom. The van der Waals surface area contributed by atoms with Crippen LogP contribution in [0.2, 0.25) is 0 Å². The Morgan fingerprint density at radius 2 is 1.73 bits per heavy atom. The smallest absolute Gasteiger partial charge is 0.0254 e. The van der Waals surface area contributed by atoms with E-state index in [1.54, 1.807) is 0 Å². The molecule has 1 atom stereocenters. The van der Waals surface area contributed by atoms with E-state index in [0.29, 0.717) is 5.92 Å². The molecule has 66 valence electrons. The van der Waals surface area contributed by atoms with Crippen molar-refractivity contribution < 1.29 is 0 Å². The van der Waals surface area contributed by atoms with Crippen LogP contribution in [0.1, 0.15) is 40.5 Å². The van der Waals surface area contributed by atoms with Crippen LogP contribution in [0.25, 0.3) is 0 Å². The van der Waals surface area contributed by atoms with Gasteiger partial charge in [0.05, 0.1) is 0 Å². The predicted octanol–water partition coefficient (Wildman–Crippen LogP) is 2.72. The molecule has 0 saturated carbocycles. The second-order valence-electron chi connectivity index (χ2n) is 3.40. The summed E-state index contributed by atoms with van der Waals surface area (Å²) in [7, 11) is 0. The van der Waals surface area contributed by atoms with Crippen molar-refractivity contribution in [1.29, 1.82) is 0 Å². The van der Waals surface area contributed by atoms with E-state index in [4.69, 9.17) is 5.73 Å². The fourth-order valence-electron chi connectivity index (χ4n) is 1.35. The number of rotatable bonds is 4. The molecule has 0 radical (unpaired) electrons. The monoisotopic (exact) mass is 155 g/mol. The summed E-state index contributed by atoms with van der Waals surface area (Å²) in [5.41, 5.74) is 7.29. The molecule has 0 amide bonds.